The summed E-state index contributed by atoms with van der Waals surface area (Å²) in [6.07, 6.45) is 6.50. The highest BCUT2D eigenvalue weighted by Crippen LogP contribution is 2.35. The fourth-order valence-electron chi connectivity index (χ4n) is 4.01. The van der Waals surface area contributed by atoms with Gasteiger partial charge in [-0.2, -0.15) is 0 Å². The van der Waals surface area contributed by atoms with Crippen LogP contribution in [0.2, 0.25) is 5.02 Å². The van der Waals surface area contributed by atoms with Crippen molar-refractivity contribution in [3.8, 4) is 0 Å². The van der Waals surface area contributed by atoms with Crippen molar-refractivity contribution in [2.45, 2.75) is 57.2 Å². The lowest BCUT2D eigenvalue weighted by atomic mass is 9.80. The van der Waals surface area contributed by atoms with Crippen LogP contribution in [0.25, 0.3) is 0 Å². The van der Waals surface area contributed by atoms with Gasteiger partial charge < -0.3 is 5.11 Å². The van der Waals surface area contributed by atoms with Gasteiger partial charge in [0.15, 0.2) is 0 Å². The molecular weight excluding hydrogens is 289 g/mol. The fourth-order valence-corrected chi connectivity index (χ4v) is 4.18. The molecule has 1 heterocycles. The Balaban J connectivity index is 1.73. The summed E-state index contributed by atoms with van der Waals surface area (Å²) in [7, 11) is 0. The fraction of sp³-hybridized carbons (Fsp3) is 0.647. The standard InChI is InChI=1S/C17H23ClFNO/c18-15-8-7-13(19)10-12(15)11-20-9-3-5-16(20)14-4-1-2-6-17(14)21/h7-8,10,14,16-17,21H,1-6,9,11H2. The van der Waals surface area contributed by atoms with Gasteiger partial charge in [0, 0.05) is 23.5 Å². The van der Waals surface area contributed by atoms with Crippen molar-refractivity contribution in [3.05, 3.63) is 34.6 Å². The van der Waals surface area contributed by atoms with E-state index in [1.165, 1.54) is 18.6 Å². The number of aliphatic hydroxyl groups excluding tert-OH is 1. The first-order valence-electron chi connectivity index (χ1n) is 8.01. The van der Waals surface area contributed by atoms with Crippen LogP contribution in [0.3, 0.4) is 0 Å². The zero-order chi connectivity index (χ0) is 14.8. The van der Waals surface area contributed by atoms with Gasteiger partial charge in [0.25, 0.3) is 0 Å². The molecule has 0 aromatic heterocycles. The Morgan fingerprint density at radius 2 is 2.00 bits per heavy atom. The van der Waals surface area contributed by atoms with E-state index in [1.807, 2.05) is 0 Å². The average molecular weight is 312 g/mol. The molecule has 0 bridgehead atoms. The SMILES string of the molecule is OC1CCCCC1C1CCCN1Cc1cc(F)ccc1Cl. The molecule has 1 N–H and O–H groups in total. The van der Waals surface area contributed by atoms with E-state index in [9.17, 15) is 9.50 Å². The van der Waals surface area contributed by atoms with Crippen LogP contribution in [0.5, 0.6) is 0 Å². The summed E-state index contributed by atoms with van der Waals surface area (Å²) in [5.74, 6) is 0.136. The molecule has 3 atom stereocenters. The quantitative estimate of drug-likeness (QED) is 0.912. The van der Waals surface area contributed by atoms with Gasteiger partial charge in [0.1, 0.15) is 5.82 Å². The second-order valence-electron chi connectivity index (χ2n) is 6.43. The molecule has 0 amide bonds. The largest absolute Gasteiger partial charge is 0.393 e. The van der Waals surface area contributed by atoms with Gasteiger partial charge in [0.05, 0.1) is 6.10 Å². The summed E-state index contributed by atoms with van der Waals surface area (Å²) in [5, 5.41) is 10.9. The van der Waals surface area contributed by atoms with Crippen LogP contribution in [0.4, 0.5) is 4.39 Å². The first-order valence-corrected chi connectivity index (χ1v) is 8.39. The van der Waals surface area contributed by atoms with E-state index in [4.69, 9.17) is 11.6 Å². The molecule has 3 rings (SSSR count). The Labute approximate surface area is 130 Å². The summed E-state index contributed by atoms with van der Waals surface area (Å²) < 4.78 is 13.4. The molecule has 1 saturated carbocycles. The van der Waals surface area contributed by atoms with Crippen molar-refractivity contribution in [1.82, 2.24) is 4.90 Å². The lowest BCUT2D eigenvalue weighted by Crippen LogP contribution is -2.42. The Kier molecular flexibility index (Phi) is 4.82. The van der Waals surface area contributed by atoms with Gasteiger partial charge in [-0.3, -0.25) is 4.90 Å². The normalized spacial score (nSPS) is 30.7. The number of likely N-dealkylation sites (tertiary alicyclic amines) is 1. The number of nitrogens with zero attached hydrogens (tertiary/aromatic N) is 1. The number of rotatable bonds is 3. The minimum Gasteiger partial charge on any atom is -0.393 e. The van der Waals surface area contributed by atoms with Crippen molar-refractivity contribution in [1.29, 1.82) is 0 Å². The maximum Gasteiger partial charge on any atom is 0.123 e. The molecule has 0 spiro atoms. The van der Waals surface area contributed by atoms with Crippen molar-refractivity contribution in [3.63, 3.8) is 0 Å². The molecule has 1 aliphatic heterocycles. The Morgan fingerprint density at radius 1 is 1.19 bits per heavy atom. The van der Waals surface area contributed by atoms with Crippen LogP contribution in [0, 0.1) is 11.7 Å². The van der Waals surface area contributed by atoms with E-state index in [2.05, 4.69) is 4.90 Å². The molecule has 116 valence electrons. The van der Waals surface area contributed by atoms with Crippen LogP contribution >= 0.6 is 11.6 Å². The molecule has 1 aliphatic carbocycles. The minimum atomic E-state index is -0.233. The molecule has 21 heavy (non-hydrogen) atoms. The van der Waals surface area contributed by atoms with E-state index in [1.54, 1.807) is 6.07 Å². The van der Waals surface area contributed by atoms with Crippen molar-refractivity contribution < 1.29 is 9.50 Å². The summed E-state index contributed by atoms with van der Waals surface area (Å²) in [4.78, 5) is 2.39. The molecule has 4 heteroatoms. The van der Waals surface area contributed by atoms with E-state index in [0.717, 1.165) is 44.2 Å². The van der Waals surface area contributed by atoms with E-state index in [0.29, 0.717) is 23.5 Å². The van der Waals surface area contributed by atoms with E-state index in [-0.39, 0.29) is 11.9 Å². The van der Waals surface area contributed by atoms with Crippen LogP contribution < -0.4 is 0 Å². The van der Waals surface area contributed by atoms with Crippen molar-refractivity contribution in [2.75, 3.05) is 6.54 Å². The van der Waals surface area contributed by atoms with Crippen molar-refractivity contribution >= 4 is 11.6 Å². The maximum atomic E-state index is 13.4. The van der Waals surface area contributed by atoms with Crippen LogP contribution in [-0.4, -0.2) is 28.7 Å². The van der Waals surface area contributed by atoms with Gasteiger partial charge in [-0.05, 0) is 56.0 Å². The molecule has 2 fully saturated rings. The smallest absolute Gasteiger partial charge is 0.123 e. The first kappa shape index (κ1) is 15.3. The Bertz CT molecular complexity index is 496. The summed E-state index contributed by atoms with van der Waals surface area (Å²) >= 11 is 6.19. The van der Waals surface area contributed by atoms with Gasteiger partial charge in [-0.15, -0.1) is 0 Å². The highest BCUT2D eigenvalue weighted by Gasteiger charge is 2.36. The Morgan fingerprint density at radius 3 is 2.81 bits per heavy atom. The highest BCUT2D eigenvalue weighted by atomic mass is 35.5. The zero-order valence-electron chi connectivity index (χ0n) is 12.3. The lowest BCUT2D eigenvalue weighted by molar-refractivity contribution is 0.0201. The first-order chi connectivity index (χ1) is 10.1. The number of aliphatic hydroxyl groups is 1. The monoisotopic (exact) mass is 311 g/mol. The lowest BCUT2D eigenvalue weighted by Gasteiger charge is -2.37. The van der Waals surface area contributed by atoms with E-state index >= 15 is 0 Å². The number of halogens is 2. The molecule has 0 radical (unpaired) electrons. The summed E-state index contributed by atoms with van der Waals surface area (Å²) in [6.45, 7) is 1.70. The van der Waals surface area contributed by atoms with Gasteiger partial charge in [-0.1, -0.05) is 24.4 Å². The Hall–Kier alpha value is -0.640. The van der Waals surface area contributed by atoms with Crippen LogP contribution in [0.15, 0.2) is 18.2 Å². The number of benzene rings is 1. The van der Waals surface area contributed by atoms with Gasteiger partial charge in [0.2, 0.25) is 0 Å². The summed E-state index contributed by atoms with van der Waals surface area (Å²) in [5.41, 5.74) is 0.855. The zero-order valence-corrected chi connectivity index (χ0v) is 13.0. The van der Waals surface area contributed by atoms with Crippen LogP contribution in [0.1, 0.15) is 44.1 Å². The maximum absolute atomic E-state index is 13.4. The second kappa shape index (κ2) is 6.64. The van der Waals surface area contributed by atoms with Gasteiger partial charge in [-0.25, -0.2) is 4.39 Å². The second-order valence-corrected chi connectivity index (χ2v) is 6.84. The predicted octanol–water partition coefficient (Wildman–Crippen LogP) is 3.99. The van der Waals surface area contributed by atoms with E-state index < -0.39 is 0 Å². The third kappa shape index (κ3) is 3.41. The van der Waals surface area contributed by atoms with Crippen molar-refractivity contribution in [2.24, 2.45) is 5.92 Å². The predicted molar refractivity (Wildman–Crippen MR) is 82.8 cm³/mol. The van der Waals surface area contributed by atoms with Crippen LogP contribution in [-0.2, 0) is 6.54 Å². The molecule has 2 nitrogen and oxygen atoms in total. The molecule has 1 aromatic rings. The number of hydrogen-bond acceptors (Lipinski definition) is 2. The number of hydrogen-bond donors (Lipinski definition) is 1. The third-order valence-corrected chi connectivity index (χ3v) is 5.44. The average Bonchev–Trinajstić information content (AvgIpc) is 2.91. The van der Waals surface area contributed by atoms with Gasteiger partial charge >= 0.3 is 0 Å². The highest BCUT2D eigenvalue weighted by molar-refractivity contribution is 6.31. The topological polar surface area (TPSA) is 23.5 Å². The molecular formula is C17H23ClFNO. The molecule has 2 aliphatic rings. The molecule has 3 unspecified atom stereocenters. The molecule has 1 aromatic carbocycles. The summed E-state index contributed by atoms with van der Waals surface area (Å²) in [6, 6.07) is 4.99. The minimum absolute atomic E-state index is 0.174. The molecule has 1 saturated heterocycles. The third-order valence-electron chi connectivity index (χ3n) is 5.07.